The lowest BCUT2D eigenvalue weighted by Gasteiger charge is -2.27. The molecule has 5 N–H and O–H groups in total. The third-order valence-electron chi connectivity index (χ3n) is 5.09. The van der Waals surface area contributed by atoms with Crippen LogP contribution < -0.4 is 16.8 Å². The number of hydrogen-bond donors (Lipinski definition) is 3. The number of nitrogens with two attached hydrogens (primary N) is 2. The van der Waals surface area contributed by atoms with Crippen LogP contribution in [0, 0.1) is 11.3 Å². The third-order valence-corrected chi connectivity index (χ3v) is 5.09. The van der Waals surface area contributed by atoms with Gasteiger partial charge in [0.15, 0.2) is 5.78 Å². The van der Waals surface area contributed by atoms with E-state index in [0.29, 0.717) is 25.3 Å². The van der Waals surface area contributed by atoms with Crippen LogP contribution >= 0.6 is 0 Å². The van der Waals surface area contributed by atoms with Crippen LogP contribution in [0.3, 0.4) is 0 Å². The average Bonchev–Trinajstić information content (AvgIpc) is 2.63. The summed E-state index contributed by atoms with van der Waals surface area (Å²) in [7, 11) is 0. The molecule has 0 saturated carbocycles. The summed E-state index contributed by atoms with van der Waals surface area (Å²) >= 11 is 0. The van der Waals surface area contributed by atoms with Gasteiger partial charge in [0.2, 0.25) is 5.91 Å². The molecule has 0 saturated heterocycles. The first-order valence-electron chi connectivity index (χ1n) is 10.9. The second kappa shape index (κ2) is 12.1. The van der Waals surface area contributed by atoms with Crippen LogP contribution in [-0.4, -0.2) is 30.3 Å². The molecule has 0 aliphatic rings. The topological polar surface area (TPSA) is 98.2 Å². The normalized spacial score (nSPS) is 13.9. The quantitative estimate of drug-likeness (QED) is 0.466. The standard InChI is InChI=1S/C24H41N3O2/c1-17(2)15-18-11-8-9-12-19(18)16-20(26)23(29)27-21(13-7-6-10-14-25)22(28)24(3,4)5/h8-9,11-12,17,20-21H,6-7,10,13-16,25-26H2,1-5H3,(H,27,29)/t20-,21-/m0/s1. The van der Waals surface area contributed by atoms with Crippen LogP contribution in [-0.2, 0) is 22.4 Å². The maximum Gasteiger partial charge on any atom is 0.237 e. The van der Waals surface area contributed by atoms with Crippen molar-refractivity contribution in [3.8, 4) is 0 Å². The largest absolute Gasteiger partial charge is 0.345 e. The van der Waals surface area contributed by atoms with Crippen LogP contribution in [0.1, 0.15) is 71.4 Å². The zero-order valence-corrected chi connectivity index (χ0v) is 19.0. The smallest absolute Gasteiger partial charge is 0.237 e. The fraction of sp³-hybridized carbons (Fsp3) is 0.667. The molecule has 0 radical (unpaired) electrons. The van der Waals surface area contributed by atoms with E-state index >= 15 is 0 Å². The fourth-order valence-corrected chi connectivity index (χ4v) is 3.47. The zero-order valence-electron chi connectivity index (χ0n) is 19.0. The number of unbranched alkanes of at least 4 members (excludes halogenated alkanes) is 2. The fourth-order valence-electron chi connectivity index (χ4n) is 3.47. The van der Waals surface area contributed by atoms with Gasteiger partial charge in [0.1, 0.15) is 0 Å². The number of carbonyl (C=O) groups excluding carboxylic acids is 2. The van der Waals surface area contributed by atoms with Crippen molar-refractivity contribution in [3.05, 3.63) is 35.4 Å². The molecule has 1 amide bonds. The van der Waals surface area contributed by atoms with Crippen molar-refractivity contribution < 1.29 is 9.59 Å². The molecule has 2 atom stereocenters. The van der Waals surface area contributed by atoms with Crippen LogP contribution in [0.25, 0.3) is 0 Å². The molecule has 0 bridgehead atoms. The van der Waals surface area contributed by atoms with E-state index < -0.39 is 17.5 Å². The van der Waals surface area contributed by atoms with Crippen LogP contribution in [0.4, 0.5) is 0 Å². The minimum absolute atomic E-state index is 0.0472. The summed E-state index contributed by atoms with van der Waals surface area (Å²) < 4.78 is 0. The number of ketones is 1. The van der Waals surface area contributed by atoms with Crippen molar-refractivity contribution in [2.75, 3.05) is 6.54 Å². The first kappa shape index (κ1) is 25.3. The summed E-state index contributed by atoms with van der Waals surface area (Å²) in [5.41, 5.74) is 13.6. The summed E-state index contributed by atoms with van der Waals surface area (Å²) in [4.78, 5) is 25.6. The summed E-state index contributed by atoms with van der Waals surface area (Å²) in [6.45, 7) is 10.7. The third kappa shape index (κ3) is 9.09. The van der Waals surface area contributed by atoms with Crippen molar-refractivity contribution in [2.45, 2.75) is 85.2 Å². The van der Waals surface area contributed by atoms with Gasteiger partial charge in [0, 0.05) is 5.41 Å². The number of amides is 1. The van der Waals surface area contributed by atoms with Crippen LogP contribution in [0.5, 0.6) is 0 Å². The molecule has 0 aliphatic carbocycles. The molecule has 0 aliphatic heterocycles. The van der Waals surface area contributed by atoms with Gasteiger partial charge in [-0.15, -0.1) is 0 Å². The predicted molar refractivity (Wildman–Crippen MR) is 121 cm³/mol. The molecule has 1 aromatic rings. The Morgan fingerprint density at radius 3 is 2.10 bits per heavy atom. The Labute approximate surface area is 177 Å². The van der Waals surface area contributed by atoms with Crippen molar-refractivity contribution in [2.24, 2.45) is 22.8 Å². The lowest BCUT2D eigenvalue weighted by Crippen LogP contribution is -2.51. The van der Waals surface area contributed by atoms with Crippen LogP contribution in [0.15, 0.2) is 24.3 Å². The lowest BCUT2D eigenvalue weighted by atomic mass is 9.84. The minimum atomic E-state index is -0.678. The Bertz CT molecular complexity index is 650. The van der Waals surface area contributed by atoms with E-state index in [1.807, 2.05) is 39.0 Å². The lowest BCUT2D eigenvalue weighted by molar-refractivity contribution is -0.133. The number of benzene rings is 1. The molecule has 0 fully saturated rings. The Balaban J connectivity index is 2.81. The van der Waals surface area contributed by atoms with Gasteiger partial charge in [-0.2, -0.15) is 0 Å². The Morgan fingerprint density at radius 1 is 1.00 bits per heavy atom. The monoisotopic (exact) mass is 403 g/mol. The highest BCUT2D eigenvalue weighted by molar-refractivity contribution is 5.93. The molecular weight excluding hydrogens is 362 g/mol. The molecule has 1 aromatic carbocycles. The molecule has 0 unspecified atom stereocenters. The van der Waals surface area contributed by atoms with E-state index in [2.05, 4.69) is 25.2 Å². The van der Waals surface area contributed by atoms with Crippen molar-refractivity contribution >= 4 is 11.7 Å². The van der Waals surface area contributed by atoms with Crippen molar-refractivity contribution in [3.63, 3.8) is 0 Å². The van der Waals surface area contributed by atoms with Gasteiger partial charge in [0.25, 0.3) is 0 Å². The van der Waals surface area contributed by atoms with E-state index in [1.54, 1.807) is 0 Å². The second-order valence-electron chi connectivity index (χ2n) is 9.49. The summed E-state index contributed by atoms with van der Waals surface area (Å²) in [5.74, 6) is 0.320. The highest BCUT2D eigenvalue weighted by atomic mass is 16.2. The first-order valence-corrected chi connectivity index (χ1v) is 10.9. The SMILES string of the molecule is CC(C)Cc1ccccc1C[C@H](N)C(=O)N[C@@H](CCCCCN)C(=O)C(C)(C)C. The Hall–Kier alpha value is -1.72. The van der Waals surface area contributed by atoms with Gasteiger partial charge in [-0.1, -0.05) is 71.7 Å². The maximum absolute atomic E-state index is 12.8. The van der Waals surface area contributed by atoms with Gasteiger partial charge in [-0.3, -0.25) is 9.59 Å². The highest BCUT2D eigenvalue weighted by Gasteiger charge is 2.31. The molecule has 0 aromatic heterocycles. The van der Waals surface area contributed by atoms with Crippen molar-refractivity contribution in [1.29, 1.82) is 0 Å². The molecule has 1 rings (SSSR count). The number of nitrogens with one attached hydrogen (secondary N) is 1. The molecular formula is C24H41N3O2. The highest BCUT2D eigenvalue weighted by Crippen LogP contribution is 2.20. The molecule has 0 spiro atoms. The summed E-state index contributed by atoms with van der Waals surface area (Å²) in [6.07, 6.45) is 4.79. The van der Waals surface area contributed by atoms with Gasteiger partial charge in [0.05, 0.1) is 12.1 Å². The summed E-state index contributed by atoms with van der Waals surface area (Å²) in [6, 6.07) is 6.96. The number of carbonyl (C=O) groups is 2. The average molecular weight is 404 g/mol. The second-order valence-corrected chi connectivity index (χ2v) is 9.49. The van der Waals surface area contributed by atoms with Gasteiger partial charge < -0.3 is 16.8 Å². The zero-order chi connectivity index (χ0) is 22.0. The Morgan fingerprint density at radius 2 is 1.59 bits per heavy atom. The number of rotatable bonds is 12. The predicted octanol–water partition coefficient (Wildman–Crippen LogP) is 3.37. The maximum atomic E-state index is 12.8. The van der Waals surface area contributed by atoms with E-state index in [4.69, 9.17) is 11.5 Å². The molecule has 5 heteroatoms. The molecule has 29 heavy (non-hydrogen) atoms. The van der Waals surface area contributed by atoms with Crippen molar-refractivity contribution in [1.82, 2.24) is 5.32 Å². The molecule has 5 nitrogen and oxygen atoms in total. The number of Topliss-reactive ketones (excluding diaryl/α,β-unsaturated/α-hetero) is 1. The van der Waals surface area contributed by atoms with Crippen LogP contribution in [0.2, 0.25) is 0 Å². The Kier molecular flexibility index (Phi) is 10.5. The van der Waals surface area contributed by atoms with Gasteiger partial charge >= 0.3 is 0 Å². The van der Waals surface area contributed by atoms with E-state index in [9.17, 15) is 9.59 Å². The first-order chi connectivity index (χ1) is 13.6. The van der Waals surface area contributed by atoms with Gasteiger partial charge in [-0.25, -0.2) is 0 Å². The molecule has 164 valence electrons. The van der Waals surface area contributed by atoms with E-state index in [1.165, 1.54) is 5.56 Å². The van der Waals surface area contributed by atoms with E-state index in [-0.39, 0.29) is 11.7 Å². The minimum Gasteiger partial charge on any atom is -0.345 e. The number of hydrogen-bond acceptors (Lipinski definition) is 4. The van der Waals surface area contributed by atoms with E-state index in [0.717, 1.165) is 31.2 Å². The summed E-state index contributed by atoms with van der Waals surface area (Å²) in [5, 5.41) is 2.94. The van der Waals surface area contributed by atoms with Gasteiger partial charge in [-0.05, 0) is 49.3 Å². The molecule has 0 heterocycles.